The van der Waals surface area contributed by atoms with Crippen LogP contribution >= 0.6 is 23.2 Å². The summed E-state index contributed by atoms with van der Waals surface area (Å²) in [6.45, 7) is 1.70. The Hall–Kier alpha value is -0.440. The van der Waals surface area contributed by atoms with E-state index < -0.39 is 0 Å². The largest absolute Gasteiger partial charge is 0.381 e. The highest BCUT2D eigenvalue weighted by Gasteiger charge is 2.19. The Morgan fingerprint density at radius 2 is 2.06 bits per heavy atom. The van der Waals surface area contributed by atoms with Gasteiger partial charge in [-0.15, -0.1) is 11.6 Å². The van der Waals surface area contributed by atoms with Crippen LogP contribution in [0, 0.1) is 0 Å². The maximum atomic E-state index is 6.18. The van der Waals surface area contributed by atoms with Gasteiger partial charge >= 0.3 is 0 Å². The molecule has 0 aliphatic carbocycles. The number of rotatable bonds is 3. The SMILES string of the molecule is CN(c1ccc(CCl)c(Cl)c1)C1CCOCC1. The van der Waals surface area contributed by atoms with E-state index in [-0.39, 0.29) is 0 Å². The van der Waals surface area contributed by atoms with Crippen LogP contribution in [0.5, 0.6) is 0 Å². The van der Waals surface area contributed by atoms with E-state index in [1.807, 2.05) is 12.1 Å². The molecule has 0 spiro atoms. The second kappa shape index (κ2) is 5.94. The fourth-order valence-electron chi connectivity index (χ4n) is 2.15. The molecule has 1 heterocycles. The first kappa shape index (κ1) is 13.0. The van der Waals surface area contributed by atoms with Crippen LogP contribution < -0.4 is 4.90 Å². The van der Waals surface area contributed by atoms with Gasteiger partial charge in [-0.3, -0.25) is 0 Å². The highest BCUT2D eigenvalue weighted by Crippen LogP contribution is 2.27. The zero-order valence-electron chi connectivity index (χ0n) is 9.96. The van der Waals surface area contributed by atoms with Crippen LogP contribution in [-0.2, 0) is 10.6 Å². The van der Waals surface area contributed by atoms with Crippen molar-refractivity contribution < 1.29 is 4.74 Å². The van der Waals surface area contributed by atoms with Gasteiger partial charge in [0.25, 0.3) is 0 Å². The van der Waals surface area contributed by atoms with E-state index in [0.717, 1.165) is 42.3 Å². The third-order valence-electron chi connectivity index (χ3n) is 3.33. The number of hydrogen-bond donors (Lipinski definition) is 0. The average Bonchev–Trinajstić information content (AvgIpc) is 2.39. The van der Waals surface area contributed by atoms with Crippen LogP contribution in [-0.4, -0.2) is 26.3 Å². The Bertz CT molecular complexity index is 378. The van der Waals surface area contributed by atoms with Gasteiger partial charge in [-0.1, -0.05) is 17.7 Å². The first-order valence-electron chi connectivity index (χ1n) is 5.87. The van der Waals surface area contributed by atoms with Gasteiger partial charge in [0.15, 0.2) is 0 Å². The fourth-order valence-corrected chi connectivity index (χ4v) is 2.69. The highest BCUT2D eigenvalue weighted by atomic mass is 35.5. The quantitative estimate of drug-likeness (QED) is 0.779. The van der Waals surface area contributed by atoms with Crippen molar-refractivity contribution in [2.45, 2.75) is 24.8 Å². The van der Waals surface area contributed by atoms with Crippen LogP contribution in [0.25, 0.3) is 0 Å². The van der Waals surface area contributed by atoms with Gasteiger partial charge in [0.2, 0.25) is 0 Å². The molecule has 4 heteroatoms. The molecule has 17 heavy (non-hydrogen) atoms. The minimum atomic E-state index is 0.458. The molecule has 1 aromatic rings. The third-order valence-corrected chi connectivity index (χ3v) is 3.97. The van der Waals surface area contributed by atoms with E-state index in [9.17, 15) is 0 Å². The lowest BCUT2D eigenvalue weighted by Gasteiger charge is -2.33. The van der Waals surface area contributed by atoms with Crippen LogP contribution in [0.2, 0.25) is 5.02 Å². The summed E-state index contributed by atoms with van der Waals surface area (Å²) in [6.07, 6.45) is 2.15. The Balaban J connectivity index is 2.12. The molecule has 0 bridgehead atoms. The molecular weight excluding hydrogens is 257 g/mol. The van der Waals surface area contributed by atoms with E-state index in [2.05, 4.69) is 18.0 Å². The Morgan fingerprint density at radius 1 is 1.35 bits per heavy atom. The van der Waals surface area contributed by atoms with Crippen molar-refractivity contribution >= 4 is 28.9 Å². The average molecular weight is 274 g/mol. The monoisotopic (exact) mass is 273 g/mol. The van der Waals surface area contributed by atoms with Crippen molar-refractivity contribution in [3.63, 3.8) is 0 Å². The first-order valence-corrected chi connectivity index (χ1v) is 6.78. The molecule has 0 atom stereocenters. The first-order chi connectivity index (χ1) is 8.22. The minimum absolute atomic E-state index is 0.458. The van der Waals surface area contributed by atoms with Crippen molar-refractivity contribution in [2.75, 3.05) is 25.2 Å². The normalized spacial score (nSPS) is 17.1. The number of benzene rings is 1. The number of halogens is 2. The maximum Gasteiger partial charge on any atom is 0.0488 e. The summed E-state index contributed by atoms with van der Waals surface area (Å²) in [6, 6.07) is 6.62. The van der Waals surface area contributed by atoms with Gasteiger partial charge < -0.3 is 9.64 Å². The predicted molar refractivity (Wildman–Crippen MR) is 73.3 cm³/mol. The van der Waals surface area contributed by atoms with Gasteiger partial charge in [0.1, 0.15) is 0 Å². The molecule has 0 N–H and O–H groups in total. The molecule has 1 aromatic carbocycles. The Kier molecular flexibility index (Phi) is 4.55. The zero-order chi connectivity index (χ0) is 12.3. The number of hydrogen-bond acceptors (Lipinski definition) is 2. The minimum Gasteiger partial charge on any atom is -0.381 e. The van der Waals surface area contributed by atoms with E-state index in [4.69, 9.17) is 27.9 Å². The van der Waals surface area contributed by atoms with E-state index in [1.165, 1.54) is 0 Å². The molecule has 1 aliphatic heterocycles. The van der Waals surface area contributed by atoms with Crippen LogP contribution in [0.3, 0.4) is 0 Å². The Labute approximate surface area is 112 Å². The van der Waals surface area contributed by atoms with Crippen LogP contribution in [0.1, 0.15) is 18.4 Å². The lowest BCUT2D eigenvalue weighted by Crippen LogP contribution is -2.36. The second-order valence-electron chi connectivity index (χ2n) is 4.36. The lowest BCUT2D eigenvalue weighted by molar-refractivity contribution is 0.0855. The lowest BCUT2D eigenvalue weighted by atomic mass is 10.1. The topological polar surface area (TPSA) is 12.5 Å². The van der Waals surface area contributed by atoms with E-state index in [1.54, 1.807) is 0 Å². The smallest absolute Gasteiger partial charge is 0.0488 e. The molecule has 0 amide bonds. The van der Waals surface area contributed by atoms with Crippen molar-refractivity contribution in [1.29, 1.82) is 0 Å². The summed E-state index contributed by atoms with van der Waals surface area (Å²) in [5.41, 5.74) is 2.13. The van der Waals surface area contributed by atoms with Crippen molar-refractivity contribution in [1.82, 2.24) is 0 Å². The van der Waals surface area contributed by atoms with Gasteiger partial charge in [-0.25, -0.2) is 0 Å². The molecule has 0 aromatic heterocycles. The summed E-state index contributed by atoms with van der Waals surface area (Å²) in [5, 5.41) is 0.747. The van der Waals surface area contributed by atoms with Gasteiger partial charge in [0, 0.05) is 42.9 Å². The van der Waals surface area contributed by atoms with Gasteiger partial charge in [-0.05, 0) is 30.5 Å². The summed E-state index contributed by atoms with van der Waals surface area (Å²) < 4.78 is 5.38. The number of anilines is 1. The summed E-state index contributed by atoms with van der Waals surface area (Å²) in [7, 11) is 2.11. The molecule has 1 aliphatic rings. The fraction of sp³-hybridized carbons (Fsp3) is 0.538. The predicted octanol–water partition coefficient (Wildman–Crippen LogP) is 3.69. The molecule has 1 saturated heterocycles. The standard InChI is InChI=1S/C13H17Cl2NO/c1-16(11-4-6-17-7-5-11)12-3-2-10(9-14)13(15)8-12/h2-3,8,11H,4-7,9H2,1H3. The summed E-state index contributed by atoms with van der Waals surface area (Å²) in [4.78, 5) is 2.28. The Morgan fingerprint density at radius 3 is 2.65 bits per heavy atom. The molecule has 0 radical (unpaired) electrons. The summed E-state index contributed by atoms with van der Waals surface area (Å²) >= 11 is 12.0. The van der Waals surface area contributed by atoms with Crippen LogP contribution in [0.15, 0.2) is 18.2 Å². The molecule has 2 rings (SSSR count). The molecule has 2 nitrogen and oxygen atoms in total. The van der Waals surface area contributed by atoms with Gasteiger partial charge in [0.05, 0.1) is 0 Å². The molecule has 0 unspecified atom stereocenters. The van der Waals surface area contributed by atoms with Crippen molar-refractivity contribution in [3.05, 3.63) is 28.8 Å². The van der Waals surface area contributed by atoms with Crippen LogP contribution in [0.4, 0.5) is 5.69 Å². The zero-order valence-corrected chi connectivity index (χ0v) is 11.5. The number of alkyl halides is 1. The van der Waals surface area contributed by atoms with Crippen molar-refractivity contribution in [2.24, 2.45) is 0 Å². The molecule has 0 saturated carbocycles. The molecule has 1 fully saturated rings. The number of nitrogens with zero attached hydrogens (tertiary/aromatic N) is 1. The summed E-state index contributed by atoms with van der Waals surface area (Å²) in [5.74, 6) is 0.458. The highest BCUT2D eigenvalue weighted by molar-refractivity contribution is 6.32. The van der Waals surface area contributed by atoms with Gasteiger partial charge in [-0.2, -0.15) is 0 Å². The molecule has 94 valence electrons. The second-order valence-corrected chi connectivity index (χ2v) is 5.04. The third kappa shape index (κ3) is 3.06. The number of ether oxygens (including phenoxy) is 1. The van der Waals surface area contributed by atoms with E-state index >= 15 is 0 Å². The van der Waals surface area contributed by atoms with Crippen molar-refractivity contribution in [3.8, 4) is 0 Å². The molecular formula is C13H17Cl2NO. The van der Waals surface area contributed by atoms with E-state index in [0.29, 0.717) is 11.9 Å². The maximum absolute atomic E-state index is 6.18.